The Bertz CT molecular complexity index is 2780. The van der Waals surface area contributed by atoms with Crippen molar-refractivity contribution in [1.82, 2.24) is 4.98 Å². The number of hydrogen-bond donors (Lipinski definition) is 0. The minimum absolute atomic E-state index is 0.877. The van der Waals surface area contributed by atoms with E-state index < -0.39 is 0 Å². The number of furan rings is 2. The Morgan fingerprint density at radius 2 is 1.17 bits per heavy atom. The Balaban J connectivity index is 1.08. The van der Waals surface area contributed by atoms with Crippen molar-refractivity contribution in [3.63, 3.8) is 0 Å². The molecule has 10 rings (SSSR count). The van der Waals surface area contributed by atoms with Gasteiger partial charge in [0.15, 0.2) is 0 Å². The highest BCUT2D eigenvalue weighted by Crippen LogP contribution is 2.44. The van der Waals surface area contributed by atoms with Crippen LogP contribution in [0.3, 0.4) is 0 Å². The molecule has 0 N–H and O–H groups in total. The second kappa shape index (κ2) is 10.7. The van der Waals surface area contributed by atoms with Crippen LogP contribution in [0.1, 0.15) is 0 Å². The SMILES string of the molecule is c1ccc(-c2nc3ccc4oc5c(-c6ccc(N(c7ccccc7)c7ccc8oc9ccccc9c8c7)cc6)cccc5c4c3s2)cc1. The van der Waals surface area contributed by atoms with E-state index in [1.54, 1.807) is 11.3 Å². The van der Waals surface area contributed by atoms with E-state index in [2.05, 4.69) is 138 Å². The van der Waals surface area contributed by atoms with Gasteiger partial charge in [-0.05, 0) is 66.2 Å². The molecule has 0 radical (unpaired) electrons. The molecular formula is C43H26N2O2S. The largest absolute Gasteiger partial charge is 0.456 e. The lowest BCUT2D eigenvalue weighted by molar-refractivity contribution is 0.669. The maximum absolute atomic E-state index is 6.61. The van der Waals surface area contributed by atoms with Crippen molar-refractivity contribution < 1.29 is 8.83 Å². The van der Waals surface area contributed by atoms with E-state index >= 15 is 0 Å². The number of para-hydroxylation sites is 3. The van der Waals surface area contributed by atoms with Crippen molar-refractivity contribution in [3.05, 3.63) is 158 Å². The summed E-state index contributed by atoms with van der Waals surface area (Å²) in [6.45, 7) is 0. The van der Waals surface area contributed by atoms with E-state index in [0.29, 0.717) is 0 Å². The summed E-state index contributed by atoms with van der Waals surface area (Å²) in [5.74, 6) is 0. The van der Waals surface area contributed by atoms with Crippen LogP contribution in [-0.2, 0) is 0 Å². The third kappa shape index (κ3) is 4.25. The van der Waals surface area contributed by atoms with Gasteiger partial charge >= 0.3 is 0 Å². The number of hydrogen-bond acceptors (Lipinski definition) is 5. The quantitative estimate of drug-likeness (QED) is 0.189. The van der Waals surface area contributed by atoms with Gasteiger partial charge < -0.3 is 13.7 Å². The van der Waals surface area contributed by atoms with Crippen LogP contribution in [-0.4, -0.2) is 4.98 Å². The van der Waals surface area contributed by atoms with E-state index in [-0.39, 0.29) is 0 Å². The second-order valence-electron chi connectivity index (χ2n) is 12.0. The fourth-order valence-corrected chi connectivity index (χ4v) is 7.99. The van der Waals surface area contributed by atoms with Crippen molar-refractivity contribution in [1.29, 1.82) is 0 Å². The summed E-state index contributed by atoms with van der Waals surface area (Å²) in [7, 11) is 0. The van der Waals surface area contributed by atoms with Crippen molar-refractivity contribution >= 4 is 82.5 Å². The Morgan fingerprint density at radius 1 is 0.479 bits per heavy atom. The summed E-state index contributed by atoms with van der Waals surface area (Å²) in [4.78, 5) is 7.26. The number of benzene rings is 7. The number of aromatic nitrogens is 1. The smallest absolute Gasteiger partial charge is 0.143 e. The summed E-state index contributed by atoms with van der Waals surface area (Å²) in [5, 5.41) is 5.46. The molecule has 5 heteroatoms. The molecule has 0 saturated carbocycles. The van der Waals surface area contributed by atoms with Crippen molar-refractivity contribution in [3.8, 4) is 21.7 Å². The lowest BCUT2D eigenvalue weighted by atomic mass is 10.0. The first-order valence-corrected chi connectivity index (χ1v) is 16.8. The molecule has 0 saturated heterocycles. The van der Waals surface area contributed by atoms with Crippen molar-refractivity contribution in [2.24, 2.45) is 0 Å². The molecule has 226 valence electrons. The number of rotatable bonds is 5. The summed E-state index contributed by atoms with van der Waals surface area (Å²) in [6, 6.07) is 54.8. The average Bonchev–Trinajstić information content (AvgIpc) is 3.86. The maximum atomic E-state index is 6.61. The van der Waals surface area contributed by atoms with Gasteiger partial charge in [-0.3, -0.25) is 0 Å². The molecule has 0 fully saturated rings. The Kier molecular flexibility index (Phi) is 6.01. The lowest BCUT2D eigenvalue weighted by Crippen LogP contribution is -2.09. The maximum Gasteiger partial charge on any atom is 0.143 e. The van der Waals surface area contributed by atoms with Gasteiger partial charge in [-0.2, -0.15) is 0 Å². The van der Waals surface area contributed by atoms with Gasteiger partial charge in [0.25, 0.3) is 0 Å². The Hall–Kier alpha value is -6.17. The van der Waals surface area contributed by atoms with Crippen molar-refractivity contribution in [2.75, 3.05) is 4.90 Å². The predicted molar refractivity (Wildman–Crippen MR) is 200 cm³/mol. The van der Waals surface area contributed by atoms with Gasteiger partial charge in [-0.15, -0.1) is 11.3 Å². The number of nitrogens with zero attached hydrogens (tertiary/aromatic N) is 2. The molecule has 0 unspecified atom stereocenters. The van der Waals surface area contributed by atoms with E-state index in [1.165, 1.54) is 0 Å². The Labute approximate surface area is 279 Å². The molecule has 10 aromatic rings. The van der Waals surface area contributed by atoms with Crippen LogP contribution in [0.2, 0.25) is 0 Å². The summed E-state index contributed by atoms with van der Waals surface area (Å²) in [6.07, 6.45) is 0. The zero-order chi connectivity index (χ0) is 31.6. The van der Waals surface area contributed by atoms with E-state index in [9.17, 15) is 0 Å². The number of thiazole rings is 1. The number of anilines is 3. The van der Waals surface area contributed by atoms with E-state index in [0.717, 1.165) is 92.9 Å². The van der Waals surface area contributed by atoms with Gasteiger partial charge in [0.05, 0.1) is 10.2 Å². The van der Waals surface area contributed by atoms with E-state index in [1.807, 2.05) is 24.3 Å². The monoisotopic (exact) mass is 634 g/mol. The fourth-order valence-electron chi connectivity index (χ4n) is 6.87. The van der Waals surface area contributed by atoms with Crippen LogP contribution in [0.5, 0.6) is 0 Å². The molecule has 3 aromatic heterocycles. The molecule has 0 aliphatic carbocycles. The zero-order valence-electron chi connectivity index (χ0n) is 25.6. The molecule has 0 spiro atoms. The summed E-state index contributed by atoms with van der Waals surface area (Å²) >= 11 is 1.72. The third-order valence-electron chi connectivity index (χ3n) is 9.11. The van der Waals surface area contributed by atoms with Gasteiger partial charge in [-0.1, -0.05) is 97.1 Å². The molecule has 3 heterocycles. The van der Waals surface area contributed by atoms with Crippen LogP contribution in [0, 0.1) is 0 Å². The molecule has 0 aliphatic rings. The molecule has 0 amide bonds. The first-order chi connectivity index (χ1) is 23.8. The summed E-state index contributed by atoms with van der Waals surface area (Å²) < 4.78 is 13.9. The van der Waals surface area contributed by atoms with Gasteiger partial charge in [0.2, 0.25) is 0 Å². The second-order valence-corrected chi connectivity index (χ2v) is 13.0. The molecular weight excluding hydrogens is 609 g/mol. The summed E-state index contributed by atoms with van der Waals surface area (Å²) in [5.41, 5.74) is 11.0. The van der Waals surface area contributed by atoms with Gasteiger partial charge in [0.1, 0.15) is 27.3 Å². The van der Waals surface area contributed by atoms with Crippen LogP contribution >= 0.6 is 11.3 Å². The topological polar surface area (TPSA) is 42.4 Å². The van der Waals surface area contributed by atoms with E-state index in [4.69, 9.17) is 13.8 Å². The molecule has 48 heavy (non-hydrogen) atoms. The first-order valence-electron chi connectivity index (χ1n) is 16.0. The van der Waals surface area contributed by atoms with Crippen LogP contribution in [0.4, 0.5) is 17.1 Å². The van der Waals surface area contributed by atoms with Crippen LogP contribution < -0.4 is 4.90 Å². The zero-order valence-corrected chi connectivity index (χ0v) is 26.4. The highest BCUT2D eigenvalue weighted by molar-refractivity contribution is 7.22. The van der Waals surface area contributed by atoms with Crippen LogP contribution in [0.25, 0.3) is 75.8 Å². The predicted octanol–water partition coefficient (Wildman–Crippen LogP) is 12.9. The first kappa shape index (κ1) is 27.0. The normalized spacial score (nSPS) is 11.8. The molecule has 4 nitrogen and oxygen atoms in total. The minimum Gasteiger partial charge on any atom is -0.456 e. The molecule has 0 atom stereocenters. The van der Waals surface area contributed by atoms with Gasteiger partial charge in [-0.25, -0.2) is 4.98 Å². The highest BCUT2D eigenvalue weighted by atomic mass is 32.1. The molecule has 0 aliphatic heterocycles. The standard InChI is InChI=1S/C43H26N2O2S/c1-3-10-28(11-4-1)43-44-36-23-25-39-40(42(36)48-43)34-16-9-15-32(41(34)47-39)27-18-20-30(21-19-27)45(29-12-5-2-6-13-29)31-22-24-38-35(26-31)33-14-7-8-17-37(33)46-38/h1-26H. The molecule has 7 aromatic carbocycles. The van der Waals surface area contributed by atoms with Gasteiger partial charge in [0, 0.05) is 49.7 Å². The van der Waals surface area contributed by atoms with Crippen LogP contribution in [0.15, 0.2) is 167 Å². The fraction of sp³-hybridized carbons (Fsp3) is 0. The average molecular weight is 635 g/mol. The van der Waals surface area contributed by atoms with Crippen molar-refractivity contribution in [2.45, 2.75) is 0 Å². The third-order valence-corrected chi connectivity index (χ3v) is 10.2. The molecule has 0 bridgehead atoms. The lowest BCUT2D eigenvalue weighted by Gasteiger charge is -2.25. The minimum atomic E-state index is 0.877. The Morgan fingerprint density at radius 3 is 2.02 bits per heavy atom. The number of fused-ring (bicyclic) bond motifs is 8. The highest BCUT2D eigenvalue weighted by Gasteiger charge is 2.19.